The fourth-order valence-corrected chi connectivity index (χ4v) is 7.91. The monoisotopic (exact) mass is 953 g/mol. The molecule has 0 aromatic rings. The summed E-state index contributed by atoms with van der Waals surface area (Å²) < 4.78 is 39.3. The van der Waals surface area contributed by atoms with Crippen molar-refractivity contribution in [2.24, 2.45) is 0 Å². The number of unbranched alkanes of at least 4 members (excludes halogenated alkanes) is 24. The SMILES string of the molecule is CCC/C=C\C/C=C\CCCCCCCC(=O)OC(CO)COP(=O)(O)OCC(COC(=O)CCCCCCCCCCC)OC(=O)CCCCCCCCC/C=C\C/C=C\CCCCC. The van der Waals surface area contributed by atoms with Crippen molar-refractivity contribution >= 4 is 25.7 Å². The summed E-state index contributed by atoms with van der Waals surface area (Å²) in [6.07, 6.45) is 49.4. The molecule has 0 saturated heterocycles. The van der Waals surface area contributed by atoms with E-state index in [1.54, 1.807) is 0 Å². The normalized spacial score (nSPS) is 13.8. The van der Waals surface area contributed by atoms with E-state index < -0.39 is 57.8 Å². The molecule has 0 aliphatic rings. The molecule has 0 amide bonds. The predicted molar refractivity (Wildman–Crippen MR) is 270 cm³/mol. The van der Waals surface area contributed by atoms with Crippen molar-refractivity contribution in [1.82, 2.24) is 0 Å². The van der Waals surface area contributed by atoms with Gasteiger partial charge in [-0.3, -0.25) is 23.4 Å². The van der Waals surface area contributed by atoms with Crippen molar-refractivity contribution in [3.63, 3.8) is 0 Å². The van der Waals surface area contributed by atoms with Crippen LogP contribution in [0.5, 0.6) is 0 Å². The van der Waals surface area contributed by atoms with Crippen LogP contribution in [0.3, 0.4) is 0 Å². The van der Waals surface area contributed by atoms with Gasteiger partial charge in [0.25, 0.3) is 0 Å². The second kappa shape index (κ2) is 48.9. The third-order valence-corrected chi connectivity index (χ3v) is 12.2. The number of hydrogen-bond acceptors (Lipinski definition) is 10. The van der Waals surface area contributed by atoms with E-state index in [9.17, 15) is 28.9 Å². The Morgan fingerprint density at radius 1 is 0.424 bits per heavy atom. The van der Waals surface area contributed by atoms with E-state index >= 15 is 0 Å². The third kappa shape index (κ3) is 46.5. The van der Waals surface area contributed by atoms with Gasteiger partial charge in [0.15, 0.2) is 6.10 Å². The summed E-state index contributed by atoms with van der Waals surface area (Å²) in [6.45, 7) is 4.51. The Morgan fingerprint density at radius 2 is 0.773 bits per heavy atom. The van der Waals surface area contributed by atoms with Crippen molar-refractivity contribution in [2.75, 3.05) is 26.4 Å². The predicted octanol–water partition coefficient (Wildman–Crippen LogP) is 15.0. The van der Waals surface area contributed by atoms with E-state index in [0.717, 1.165) is 103 Å². The van der Waals surface area contributed by atoms with E-state index in [1.165, 1.54) is 77.0 Å². The van der Waals surface area contributed by atoms with Gasteiger partial charge in [0.1, 0.15) is 12.7 Å². The molecule has 0 rings (SSSR count). The molecule has 0 aliphatic carbocycles. The standard InChI is InChI=1S/C54H97O11P/c1-4-7-10-13-16-19-21-23-24-25-26-28-30-33-36-39-42-45-54(58)65-51(47-61-52(56)43-40-37-34-31-18-15-12-9-6-3)49-63-66(59,60)62-48-50(46-55)64-53(57)44-41-38-35-32-29-27-22-20-17-14-11-8-5-2/h11,14,16,19-20,22-24,50-51,55H,4-10,12-13,15,17-18,21,25-49H2,1-3H3,(H,59,60)/b14-11-,19-16-,22-20-,24-23-. The molecular formula is C54H97O11P. The van der Waals surface area contributed by atoms with Gasteiger partial charge < -0.3 is 24.2 Å². The molecule has 0 heterocycles. The van der Waals surface area contributed by atoms with Crippen LogP contribution in [0.4, 0.5) is 0 Å². The molecule has 384 valence electrons. The molecule has 0 aromatic carbocycles. The largest absolute Gasteiger partial charge is 0.472 e. The average Bonchev–Trinajstić information content (AvgIpc) is 3.30. The van der Waals surface area contributed by atoms with Crippen LogP contribution >= 0.6 is 7.82 Å². The topological polar surface area (TPSA) is 155 Å². The van der Waals surface area contributed by atoms with E-state index in [4.69, 9.17) is 23.3 Å². The lowest BCUT2D eigenvalue weighted by Crippen LogP contribution is -2.30. The second-order valence-electron chi connectivity index (χ2n) is 17.7. The first-order valence-electron chi connectivity index (χ1n) is 26.5. The molecule has 0 radical (unpaired) electrons. The minimum absolute atomic E-state index is 0.159. The zero-order valence-corrected chi connectivity index (χ0v) is 43.1. The van der Waals surface area contributed by atoms with Gasteiger partial charge in [-0.05, 0) is 77.0 Å². The summed E-state index contributed by atoms with van der Waals surface area (Å²) >= 11 is 0. The number of hydrogen-bond donors (Lipinski definition) is 2. The van der Waals surface area contributed by atoms with Crippen LogP contribution in [0, 0.1) is 0 Å². The molecule has 0 aliphatic heterocycles. The van der Waals surface area contributed by atoms with Gasteiger partial charge in [-0.25, -0.2) is 4.57 Å². The summed E-state index contributed by atoms with van der Waals surface area (Å²) in [5, 5.41) is 9.77. The number of allylic oxidation sites excluding steroid dienone is 8. The molecule has 0 aromatic heterocycles. The maximum absolute atomic E-state index is 12.8. The lowest BCUT2D eigenvalue weighted by Gasteiger charge is -2.21. The highest BCUT2D eigenvalue weighted by Crippen LogP contribution is 2.43. The number of phosphoric acid groups is 1. The summed E-state index contributed by atoms with van der Waals surface area (Å²) in [6, 6.07) is 0. The van der Waals surface area contributed by atoms with Crippen LogP contribution < -0.4 is 0 Å². The summed E-state index contributed by atoms with van der Waals surface area (Å²) in [5.74, 6) is -1.48. The number of ether oxygens (including phenoxy) is 3. The van der Waals surface area contributed by atoms with Gasteiger partial charge in [0.05, 0.1) is 19.8 Å². The lowest BCUT2D eigenvalue weighted by molar-refractivity contribution is -0.161. The Hall–Kier alpha value is -2.56. The average molecular weight is 953 g/mol. The number of carbonyl (C=O) groups is 3. The molecule has 2 N–H and O–H groups in total. The smallest absolute Gasteiger partial charge is 0.462 e. The van der Waals surface area contributed by atoms with E-state index in [0.29, 0.717) is 19.3 Å². The zero-order chi connectivity index (χ0) is 48.4. The Bertz CT molecular complexity index is 1300. The molecule has 11 nitrogen and oxygen atoms in total. The van der Waals surface area contributed by atoms with Gasteiger partial charge in [0, 0.05) is 19.3 Å². The summed E-state index contributed by atoms with van der Waals surface area (Å²) in [4.78, 5) is 48.2. The lowest BCUT2D eigenvalue weighted by atomic mass is 10.1. The van der Waals surface area contributed by atoms with Crippen molar-refractivity contribution < 1.29 is 52.2 Å². The Morgan fingerprint density at radius 3 is 1.21 bits per heavy atom. The molecule has 0 bridgehead atoms. The van der Waals surface area contributed by atoms with Crippen molar-refractivity contribution in [1.29, 1.82) is 0 Å². The number of aliphatic hydroxyl groups is 1. The first-order chi connectivity index (χ1) is 32.2. The fourth-order valence-electron chi connectivity index (χ4n) is 7.13. The third-order valence-electron chi connectivity index (χ3n) is 11.2. The van der Waals surface area contributed by atoms with Gasteiger partial charge in [-0.15, -0.1) is 0 Å². The maximum Gasteiger partial charge on any atom is 0.472 e. The number of phosphoric ester groups is 1. The van der Waals surface area contributed by atoms with Crippen molar-refractivity contribution in [3.8, 4) is 0 Å². The number of carbonyl (C=O) groups excluding carboxylic acids is 3. The van der Waals surface area contributed by atoms with Crippen molar-refractivity contribution in [3.05, 3.63) is 48.6 Å². The first kappa shape index (κ1) is 63.4. The Balaban J connectivity index is 4.70. The van der Waals surface area contributed by atoms with E-state index in [2.05, 4.69) is 69.4 Å². The van der Waals surface area contributed by atoms with Crippen LogP contribution in [0.15, 0.2) is 48.6 Å². The molecule has 3 atom stereocenters. The van der Waals surface area contributed by atoms with Gasteiger partial charge in [-0.1, -0.05) is 191 Å². The highest BCUT2D eigenvalue weighted by molar-refractivity contribution is 7.47. The molecule has 3 unspecified atom stereocenters. The highest BCUT2D eigenvalue weighted by atomic mass is 31.2. The number of aliphatic hydroxyl groups excluding tert-OH is 1. The van der Waals surface area contributed by atoms with Crippen LogP contribution in [-0.4, -0.2) is 66.5 Å². The molecule has 12 heteroatoms. The number of esters is 3. The minimum atomic E-state index is -4.74. The van der Waals surface area contributed by atoms with Crippen LogP contribution in [-0.2, 0) is 42.2 Å². The molecule has 0 fully saturated rings. The number of rotatable bonds is 49. The van der Waals surface area contributed by atoms with E-state index in [1.807, 2.05) is 0 Å². The zero-order valence-electron chi connectivity index (χ0n) is 42.2. The van der Waals surface area contributed by atoms with Crippen LogP contribution in [0.1, 0.15) is 239 Å². The molecular weight excluding hydrogens is 856 g/mol. The molecule has 0 spiro atoms. The van der Waals surface area contributed by atoms with Crippen LogP contribution in [0.2, 0.25) is 0 Å². The first-order valence-corrected chi connectivity index (χ1v) is 28.0. The Labute approximate surface area is 403 Å². The van der Waals surface area contributed by atoms with Crippen molar-refractivity contribution in [2.45, 2.75) is 251 Å². The summed E-state index contributed by atoms with van der Waals surface area (Å²) in [7, 11) is -4.74. The van der Waals surface area contributed by atoms with Gasteiger partial charge in [-0.2, -0.15) is 0 Å². The molecule has 0 saturated carbocycles. The highest BCUT2D eigenvalue weighted by Gasteiger charge is 2.28. The fraction of sp³-hybridized carbons (Fsp3) is 0.796. The van der Waals surface area contributed by atoms with Gasteiger partial charge >= 0.3 is 25.7 Å². The quantitative estimate of drug-likeness (QED) is 0.0197. The summed E-state index contributed by atoms with van der Waals surface area (Å²) in [5.41, 5.74) is 0. The minimum Gasteiger partial charge on any atom is -0.462 e. The second-order valence-corrected chi connectivity index (χ2v) is 19.1. The van der Waals surface area contributed by atoms with E-state index in [-0.39, 0.29) is 25.9 Å². The van der Waals surface area contributed by atoms with Gasteiger partial charge in [0.2, 0.25) is 0 Å². The molecule has 66 heavy (non-hydrogen) atoms. The Kier molecular flexibility index (Phi) is 47.0. The van der Waals surface area contributed by atoms with Crippen LogP contribution in [0.25, 0.3) is 0 Å². The maximum atomic E-state index is 12.8.